The average Bonchev–Trinajstić information content (AvgIpc) is 3.02. The number of hydrogen-bond acceptors (Lipinski definition) is 5. The molecular weight excluding hydrogens is 442 g/mol. The molecule has 0 atom stereocenters. The number of benzene rings is 3. The predicted molar refractivity (Wildman–Crippen MR) is 126 cm³/mol. The second-order valence-electron chi connectivity index (χ2n) is 7.74. The summed E-state index contributed by atoms with van der Waals surface area (Å²) in [4.78, 5) is 25.4. The van der Waals surface area contributed by atoms with Gasteiger partial charge in [-0.05, 0) is 55.5 Å². The first-order chi connectivity index (χ1) is 15.6. The minimum atomic E-state index is -4.00. The topological polar surface area (TPSA) is 99.4 Å². The van der Waals surface area contributed by atoms with E-state index in [1.807, 2.05) is 6.92 Å². The number of carbonyl (C=O) groups excluding carboxylic acids is 1. The third kappa shape index (κ3) is 3.91. The molecule has 0 bridgehead atoms. The number of imidazole rings is 1. The first-order valence-electron chi connectivity index (χ1n) is 10.1. The van der Waals surface area contributed by atoms with Crippen LogP contribution in [0.2, 0.25) is 0 Å². The van der Waals surface area contributed by atoms with E-state index in [4.69, 9.17) is 4.74 Å². The molecule has 170 valence electrons. The van der Waals surface area contributed by atoms with Gasteiger partial charge in [-0.2, -0.15) is 0 Å². The van der Waals surface area contributed by atoms with Crippen molar-refractivity contribution in [3.05, 3.63) is 82.3 Å². The van der Waals surface area contributed by atoms with E-state index in [1.165, 1.54) is 40.5 Å². The summed E-state index contributed by atoms with van der Waals surface area (Å²) in [5.41, 5.74) is 1.97. The van der Waals surface area contributed by atoms with Gasteiger partial charge >= 0.3 is 5.69 Å². The van der Waals surface area contributed by atoms with Crippen LogP contribution in [0.15, 0.2) is 75.2 Å². The maximum Gasteiger partial charge on any atom is 0.328 e. The second kappa shape index (κ2) is 8.25. The molecule has 4 aromatic rings. The number of hydrogen-bond donors (Lipinski definition) is 1. The minimum absolute atomic E-state index is 0.0880. The molecule has 1 amide bonds. The zero-order valence-electron chi connectivity index (χ0n) is 18.6. The summed E-state index contributed by atoms with van der Waals surface area (Å²) < 4.78 is 35.0. The molecule has 1 aromatic heterocycles. The van der Waals surface area contributed by atoms with Gasteiger partial charge in [-0.3, -0.25) is 13.9 Å². The van der Waals surface area contributed by atoms with Crippen molar-refractivity contribution in [2.45, 2.75) is 16.7 Å². The molecule has 0 unspecified atom stereocenters. The van der Waals surface area contributed by atoms with Gasteiger partial charge in [-0.25, -0.2) is 13.2 Å². The Kier molecular flexibility index (Phi) is 5.59. The number of ether oxygens (including phenoxy) is 1. The monoisotopic (exact) mass is 465 g/mol. The van der Waals surface area contributed by atoms with Crippen LogP contribution in [0.4, 0.5) is 5.69 Å². The molecule has 1 heterocycles. The lowest BCUT2D eigenvalue weighted by atomic mass is 10.2. The van der Waals surface area contributed by atoms with Crippen molar-refractivity contribution >= 4 is 32.5 Å². The Morgan fingerprint density at radius 3 is 2.06 bits per heavy atom. The van der Waals surface area contributed by atoms with Crippen LogP contribution in [0.1, 0.15) is 15.9 Å². The van der Waals surface area contributed by atoms with E-state index in [9.17, 15) is 18.0 Å². The number of aryl methyl sites for hydroxylation is 3. The van der Waals surface area contributed by atoms with Crippen LogP contribution >= 0.6 is 0 Å². The van der Waals surface area contributed by atoms with Gasteiger partial charge in [-0.15, -0.1) is 0 Å². The zero-order valence-corrected chi connectivity index (χ0v) is 19.4. The molecule has 0 aliphatic rings. The van der Waals surface area contributed by atoms with Crippen LogP contribution in [0.25, 0.3) is 11.0 Å². The maximum absolute atomic E-state index is 13.6. The summed E-state index contributed by atoms with van der Waals surface area (Å²) in [5.74, 6) is 0.105. The summed E-state index contributed by atoms with van der Waals surface area (Å²) >= 11 is 0. The smallest absolute Gasteiger partial charge is 0.328 e. The lowest BCUT2D eigenvalue weighted by Gasteiger charge is -2.14. The van der Waals surface area contributed by atoms with Gasteiger partial charge in [0, 0.05) is 19.7 Å². The number of anilines is 1. The molecule has 3 aromatic carbocycles. The Morgan fingerprint density at radius 2 is 1.48 bits per heavy atom. The molecule has 8 nitrogen and oxygen atoms in total. The Morgan fingerprint density at radius 1 is 0.909 bits per heavy atom. The van der Waals surface area contributed by atoms with E-state index in [2.05, 4.69) is 5.32 Å². The molecule has 9 heteroatoms. The predicted octanol–water partition coefficient (Wildman–Crippen LogP) is 3.28. The van der Waals surface area contributed by atoms with E-state index in [0.29, 0.717) is 22.3 Å². The zero-order chi connectivity index (χ0) is 23.9. The standard InChI is InChI=1S/C24H23N3O5S/c1-15-5-11-18(12-6-15)33(30,31)22-14-21-20(26(2)24(29)27(21)3)13-19(22)25-23(28)16-7-9-17(32-4)10-8-16/h5-14H,1-4H3,(H,25,28). The van der Waals surface area contributed by atoms with Crippen molar-refractivity contribution in [2.75, 3.05) is 12.4 Å². The third-order valence-electron chi connectivity index (χ3n) is 5.59. The number of carbonyl (C=O) groups is 1. The van der Waals surface area contributed by atoms with Crippen molar-refractivity contribution in [1.29, 1.82) is 0 Å². The van der Waals surface area contributed by atoms with Crippen LogP contribution in [-0.2, 0) is 23.9 Å². The summed E-state index contributed by atoms with van der Waals surface area (Å²) in [6.07, 6.45) is 0. The molecule has 0 spiro atoms. The Bertz CT molecular complexity index is 1530. The summed E-state index contributed by atoms with van der Waals surface area (Å²) in [5, 5.41) is 2.72. The number of sulfone groups is 1. The molecule has 0 radical (unpaired) electrons. The molecule has 0 fully saturated rings. The van der Waals surface area contributed by atoms with E-state index in [0.717, 1.165) is 5.56 Å². The highest BCUT2D eigenvalue weighted by Crippen LogP contribution is 2.32. The first-order valence-corrected chi connectivity index (χ1v) is 11.6. The van der Waals surface area contributed by atoms with Gasteiger partial charge in [0.25, 0.3) is 5.91 Å². The maximum atomic E-state index is 13.6. The molecule has 0 aliphatic carbocycles. The van der Waals surface area contributed by atoms with E-state index in [1.54, 1.807) is 50.5 Å². The van der Waals surface area contributed by atoms with Crippen molar-refractivity contribution in [2.24, 2.45) is 14.1 Å². The fourth-order valence-electron chi connectivity index (χ4n) is 3.63. The summed E-state index contributed by atoms with van der Waals surface area (Å²) in [7, 11) is 0.692. The number of methoxy groups -OCH3 is 1. The lowest BCUT2D eigenvalue weighted by molar-refractivity contribution is 0.102. The number of nitrogens with zero attached hydrogens (tertiary/aromatic N) is 2. The van der Waals surface area contributed by atoms with Gasteiger partial charge in [0.15, 0.2) is 0 Å². The van der Waals surface area contributed by atoms with Crippen molar-refractivity contribution in [1.82, 2.24) is 9.13 Å². The second-order valence-corrected chi connectivity index (χ2v) is 9.65. The van der Waals surface area contributed by atoms with Crippen LogP contribution in [0.3, 0.4) is 0 Å². The number of amides is 1. The molecular formula is C24H23N3O5S. The molecule has 0 saturated heterocycles. The Balaban J connectivity index is 1.89. The largest absolute Gasteiger partial charge is 0.497 e. The lowest BCUT2D eigenvalue weighted by Crippen LogP contribution is -2.19. The molecule has 1 N–H and O–H groups in total. The molecule has 4 rings (SSSR count). The minimum Gasteiger partial charge on any atom is -0.497 e. The fraction of sp³-hybridized carbons (Fsp3) is 0.167. The van der Waals surface area contributed by atoms with Gasteiger partial charge in [0.05, 0.1) is 33.6 Å². The van der Waals surface area contributed by atoms with E-state index >= 15 is 0 Å². The van der Waals surface area contributed by atoms with Gasteiger partial charge < -0.3 is 10.1 Å². The van der Waals surface area contributed by atoms with Crippen LogP contribution in [-0.4, -0.2) is 30.6 Å². The molecule has 0 aliphatic heterocycles. The van der Waals surface area contributed by atoms with Crippen molar-refractivity contribution in [3.8, 4) is 5.75 Å². The van der Waals surface area contributed by atoms with E-state index in [-0.39, 0.29) is 21.2 Å². The fourth-order valence-corrected chi connectivity index (χ4v) is 5.04. The normalized spacial score (nSPS) is 11.5. The first kappa shape index (κ1) is 22.3. The Labute approximate surface area is 191 Å². The highest BCUT2D eigenvalue weighted by atomic mass is 32.2. The Hall–Kier alpha value is -3.85. The van der Waals surface area contributed by atoms with E-state index < -0.39 is 15.7 Å². The summed E-state index contributed by atoms with van der Waals surface area (Å²) in [6, 6.07) is 15.8. The molecule has 0 saturated carbocycles. The van der Waals surface area contributed by atoms with Gasteiger partial charge in [0.2, 0.25) is 9.84 Å². The number of nitrogens with one attached hydrogen (secondary N) is 1. The van der Waals surface area contributed by atoms with Crippen LogP contribution < -0.4 is 15.7 Å². The molecule has 33 heavy (non-hydrogen) atoms. The van der Waals surface area contributed by atoms with Gasteiger partial charge in [-0.1, -0.05) is 17.7 Å². The average molecular weight is 466 g/mol. The highest BCUT2D eigenvalue weighted by molar-refractivity contribution is 7.91. The van der Waals surface area contributed by atoms with Crippen LogP contribution in [0.5, 0.6) is 5.75 Å². The number of fused-ring (bicyclic) bond motifs is 1. The summed E-state index contributed by atoms with van der Waals surface area (Å²) in [6.45, 7) is 1.86. The number of aromatic nitrogens is 2. The highest BCUT2D eigenvalue weighted by Gasteiger charge is 2.25. The van der Waals surface area contributed by atoms with Gasteiger partial charge in [0.1, 0.15) is 5.75 Å². The van der Waals surface area contributed by atoms with Crippen molar-refractivity contribution < 1.29 is 17.9 Å². The SMILES string of the molecule is COc1ccc(C(=O)Nc2cc3c(cc2S(=O)(=O)c2ccc(C)cc2)n(C)c(=O)n3C)cc1. The van der Waals surface area contributed by atoms with Crippen LogP contribution in [0, 0.1) is 6.92 Å². The quantitative estimate of drug-likeness (QED) is 0.488. The third-order valence-corrected chi connectivity index (χ3v) is 7.40. The van der Waals surface area contributed by atoms with Crippen molar-refractivity contribution in [3.63, 3.8) is 0 Å². The number of rotatable bonds is 5.